The maximum atomic E-state index is 12.4. The van der Waals surface area contributed by atoms with Crippen molar-refractivity contribution in [2.24, 2.45) is 0 Å². The predicted octanol–water partition coefficient (Wildman–Crippen LogP) is 2.10. The summed E-state index contributed by atoms with van der Waals surface area (Å²) in [5.41, 5.74) is 0.759. The normalized spacial score (nSPS) is 12.7. The van der Waals surface area contributed by atoms with Gasteiger partial charge >= 0.3 is 0 Å². The van der Waals surface area contributed by atoms with Crippen LogP contribution >= 0.6 is 0 Å². The Hall–Kier alpha value is -1.98. The first-order chi connectivity index (χ1) is 9.61. The third-order valence-electron chi connectivity index (χ3n) is 3.07. The van der Waals surface area contributed by atoms with E-state index < -0.39 is 21.0 Å². The van der Waals surface area contributed by atoms with Crippen LogP contribution in [-0.4, -0.2) is 19.4 Å². The van der Waals surface area contributed by atoms with E-state index in [0.717, 1.165) is 0 Å². The van der Waals surface area contributed by atoms with E-state index in [1.54, 1.807) is 20.8 Å². The number of aryl methyl sites for hydroxylation is 2. The van der Waals surface area contributed by atoms with Crippen LogP contribution in [0.2, 0.25) is 0 Å². The van der Waals surface area contributed by atoms with Gasteiger partial charge in [0.2, 0.25) is 10.0 Å². The molecule has 21 heavy (non-hydrogen) atoms. The smallest absolute Gasteiger partial charge is 0.258 e. The van der Waals surface area contributed by atoms with Crippen LogP contribution in [0.5, 0.6) is 0 Å². The van der Waals surface area contributed by atoms with Gasteiger partial charge in [-0.1, -0.05) is 0 Å². The molecule has 8 heteroatoms. The van der Waals surface area contributed by atoms with Crippen LogP contribution in [0.4, 0.5) is 5.69 Å². The van der Waals surface area contributed by atoms with Crippen molar-refractivity contribution in [1.29, 1.82) is 5.26 Å². The van der Waals surface area contributed by atoms with Crippen LogP contribution in [0, 0.1) is 42.2 Å². The van der Waals surface area contributed by atoms with E-state index in [9.17, 15) is 18.5 Å². The lowest BCUT2D eigenvalue weighted by Crippen LogP contribution is -2.33. The molecule has 114 valence electrons. The fraction of sp³-hybridized carbons (Fsp3) is 0.462. The number of nitrogens with one attached hydrogen (secondary N) is 1. The molecule has 0 aromatic heterocycles. The van der Waals surface area contributed by atoms with Crippen LogP contribution in [0.25, 0.3) is 0 Å². The van der Waals surface area contributed by atoms with Gasteiger partial charge < -0.3 is 0 Å². The van der Waals surface area contributed by atoms with Gasteiger partial charge in [-0.2, -0.15) is 5.26 Å². The largest absolute Gasteiger partial charge is 0.276 e. The van der Waals surface area contributed by atoms with Gasteiger partial charge in [-0.3, -0.25) is 10.1 Å². The van der Waals surface area contributed by atoms with Crippen LogP contribution in [0.1, 0.15) is 30.0 Å². The first kappa shape index (κ1) is 17.1. The quantitative estimate of drug-likeness (QED) is 0.660. The summed E-state index contributed by atoms with van der Waals surface area (Å²) >= 11 is 0. The number of nitro benzene ring substituents is 1. The van der Waals surface area contributed by atoms with Crippen LogP contribution in [0.15, 0.2) is 11.0 Å². The molecule has 1 aromatic rings. The second-order valence-corrected chi connectivity index (χ2v) is 6.61. The van der Waals surface area contributed by atoms with E-state index in [4.69, 9.17) is 5.26 Å². The highest BCUT2D eigenvalue weighted by molar-refractivity contribution is 7.89. The average Bonchev–Trinajstić information content (AvgIpc) is 2.25. The van der Waals surface area contributed by atoms with Crippen molar-refractivity contribution in [1.82, 2.24) is 4.72 Å². The van der Waals surface area contributed by atoms with E-state index >= 15 is 0 Å². The van der Waals surface area contributed by atoms with Crippen molar-refractivity contribution in [3.8, 4) is 6.07 Å². The molecule has 0 bridgehead atoms. The number of benzene rings is 1. The van der Waals surface area contributed by atoms with Gasteiger partial charge in [0.25, 0.3) is 5.69 Å². The minimum atomic E-state index is -3.92. The fourth-order valence-electron chi connectivity index (χ4n) is 2.35. The second-order valence-electron chi connectivity index (χ2n) is 4.95. The number of hydrogen-bond acceptors (Lipinski definition) is 5. The zero-order valence-electron chi connectivity index (χ0n) is 12.3. The van der Waals surface area contributed by atoms with Crippen LogP contribution in [0.3, 0.4) is 0 Å². The molecule has 1 aromatic carbocycles. The standard InChI is InChI=1S/C13H17N3O4S/c1-8-7-9(2)13(11(4)12(8)16(17)18)21(19,20)15-10(3)5-6-14/h7,10,15H,5H2,1-4H3. The second kappa shape index (κ2) is 6.20. The highest BCUT2D eigenvalue weighted by Crippen LogP contribution is 2.31. The summed E-state index contributed by atoms with van der Waals surface area (Å²) in [5.74, 6) is 0. The molecule has 1 rings (SSSR count). The molecule has 0 saturated carbocycles. The molecule has 0 radical (unpaired) electrons. The summed E-state index contributed by atoms with van der Waals surface area (Å²) in [6.07, 6.45) is 0.0191. The molecule has 1 N–H and O–H groups in total. The summed E-state index contributed by atoms with van der Waals surface area (Å²) in [6, 6.07) is 2.78. The lowest BCUT2D eigenvalue weighted by atomic mass is 10.1. The Bertz CT molecular complexity index is 720. The van der Waals surface area contributed by atoms with Crippen molar-refractivity contribution in [2.45, 2.75) is 45.1 Å². The molecule has 0 spiro atoms. The first-order valence-corrected chi connectivity index (χ1v) is 7.74. The van der Waals surface area contributed by atoms with Gasteiger partial charge in [-0.15, -0.1) is 0 Å². The zero-order chi connectivity index (χ0) is 16.4. The Morgan fingerprint density at radius 3 is 2.43 bits per heavy atom. The molecule has 0 amide bonds. The Labute approximate surface area is 123 Å². The number of sulfonamides is 1. The van der Waals surface area contributed by atoms with E-state index in [1.165, 1.54) is 13.0 Å². The lowest BCUT2D eigenvalue weighted by molar-refractivity contribution is -0.386. The molecule has 7 nitrogen and oxygen atoms in total. The number of hydrogen-bond donors (Lipinski definition) is 1. The van der Waals surface area contributed by atoms with Crippen molar-refractivity contribution >= 4 is 15.7 Å². The summed E-state index contributed by atoms with van der Waals surface area (Å²) in [5, 5.41) is 19.7. The monoisotopic (exact) mass is 311 g/mol. The third kappa shape index (κ3) is 3.56. The highest BCUT2D eigenvalue weighted by Gasteiger charge is 2.28. The molecule has 0 fully saturated rings. The molecule has 0 saturated heterocycles. The molecular weight excluding hydrogens is 294 g/mol. The van der Waals surface area contributed by atoms with Crippen LogP contribution < -0.4 is 4.72 Å². The molecule has 0 heterocycles. The average molecular weight is 311 g/mol. The summed E-state index contributed by atoms with van der Waals surface area (Å²) in [7, 11) is -3.92. The summed E-state index contributed by atoms with van der Waals surface area (Å²) < 4.78 is 27.2. The zero-order valence-corrected chi connectivity index (χ0v) is 13.1. The Morgan fingerprint density at radius 1 is 1.38 bits per heavy atom. The summed E-state index contributed by atoms with van der Waals surface area (Å²) in [4.78, 5) is 10.4. The van der Waals surface area contributed by atoms with Crippen molar-refractivity contribution in [3.63, 3.8) is 0 Å². The Balaban J connectivity index is 3.47. The fourth-order valence-corrected chi connectivity index (χ4v) is 4.07. The maximum absolute atomic E-state index is 12.4. The number of rotatable bonds is 5. The van der Waals surface area contributed by atoms with Crippen molar-refractivity contribution in [3.05, 3.63) is 32.9 Å². The lowest BCUT2D eigenvalue weighted by Gasteiger charge is -2.16. The predicted molar refractivity (Wildman–Crippen MR) is 77.3 cm³/mol. The van der Waals surface area contributed by atoms with Gasteiger partial charge in [0.1, 0.15) is 0 Å². The van der Waals surface area contributed by atoms with E-state index in [0.29, 0.717) is 11.1 Å². The van der Waals surface area contributed by atoms with Gasteiger partial charge in [0.05, 0.1) is 22.3 Å². The van der Waals surface area contributed by atoms with Crippen LogP contribution in [-0.2, 0) is 10.0 Å². The third-order valence-corrected chi connectivity index (χ3v) is 4.94. The topological polar surface area (TPSA) is 113 Å². The molecule has 0 aliphatic carbocycles. The van der Waals surface area contributed by atoms with Gasteiger partial charge in [0, 0.05) is 17.2 Å². The van der Waals surface area contributed by atoms with E-state index in [1.807, 2.05) is 6.07 Å². The minimum absolute atomic E-state index is 0.0191. The summed E-state index contributed by atoms with van der Waals surface area (Å²) in [6.45, 7) is 6.14. The van der Waals surface area contributed by atoms with Gasteiger partial charge in [-0.05, 0) is 39.3 Å². The van der Waals surface area contributed by atoms with Gasteiger partial charge in [-0.25, -0.2) is 13.1 Å². The van der Waals surface area contributed by atoms with Crippen molar-refractivity contribution < 1.29 is 13.3 Å². The molecular formula is C13H17N3O4S. The minimum Gasteiger partial charge on any atom is -0.258 e. The van der Waals surface area contributed by atoms with E-state index in [-0.39, 0.29) is 22.6 Å². The highest BCUT2D eigenvalue weighted by atomic mass is 32.2. The number of nitrogens with zero attached hydrogens (tertiary/aromatic N) is 2. The molecule has 0 aliphatic heterocycles. The Kier molecular flexibility index (Phi) is 5.04. The SMILES string of the molecule is Cc1cc(C)c(S(=O)(=O)NC(C)CC#N)c(C)c1[N+](=O)[O-]. The molecule has 1 unspecified atom stereocenters. The number of nitriles is 1. The molecule has 1 atom stereocenters. The van der Waals surface area contributed by atoms with Crippen molar-refractivity contribution in [2.75, 3.05) is 0 Å². The first-order valence-electron chi connectivity index (χ1n) is 6.26. The van der Waals surface area contributed by atoms with E-state index in [2.05, 4.69) is 4.72 Å². The number of nitro groups is 1. The maximum Gasteiger partial charge on any atom is 0.276 e. The van der Waals surface area contributed by atoms with Gasteiger partial charge in [0.15, 0.2) is 0 Å². The molecule has 0 aliphatic rings. The Morgan fingerprint density at radius 2 is 1.95 bits per heavy atom.